The van der Waals surface area contributed by atoms with Gasteiger partial charge in [-0.3, -0.25) is 0 Å². The third kappa shape index (κ3) is 2.29. The normalized spacial score (nSPS) is 12.4. The van der Waals surface area contributed by atoms with Crippen LogP contribution in [0.2, 0.25) is 0 Å². The number of anilines is 1. The first kappa shape index (κ1) is 13.4. The van der Waals surface area contributed by atoms with E-state index in [-0.39, 0.29) is 5.92 Å². The van der Waals surface area contributed by atoms with E-state index >= 15 is 0 Å². The highest BCUT2D eigenvalue weighted by Gasteiger charge is 2.33. The van der Waals surface area contributed by atoms with Gasteiger partial charge in [0.05, 0.1) is 17.5 Å². The summed E-state index contributed by atoms with van der Waals surface area (Å²) in [6.45, 7) is 3.82. The molecule has 19 heavy (non-hydrogen) atoms. The van der Waals surface area contributed by atoms with Gasteiger partial charge in [0.1, 0.15) is 5.69 Å². The van der Waals surface area contributed by atoms with Crippen LogP contribution in [0.3, 0.4) is 0 Å². The van der Waals surface area contributed by atoms with Crippen LogP contribution in [0.25, 0.3) is 5.82 Å². The number of alkyl halides is 3. The Morgan fingerprint density at radius 3 is 2.37 bits per heavy atom. The zero-order valence-electron chi connectivity index (χ0n) is 10.7. The number of nitrogens with zero attached hydrogens (tertiary/aromatic N) is 4. The third-order valence-electron chi connectivity index (χ3n) is 2.75. The number of aryl methyl sites for hydroxylation is 1. The Morgan fingerprint density at radius 1 is 1.32 bits per heavy atom. The Kier molecular flexibility index (Phi) is 3.03. The number of nitrogen functional groups attached to an aromatic ring is 1. The highest BCUT2D eigenvalue weighted by atomic mass is 19.4. The van der Waals surface area contributed by atoms with Gasteiger partial charge in [-0.2, -0.15) is 23.4 Å². The zero-order chi connectivity index (χ0) is 14.4. The van der Waals surface area contributed by atoms with Gasteiger partial charge in [0.25, 0.3) is 0 Å². The Labute approximate surface area is 107 Å². The van der Waals surface area contributed by atoms with Crippen LogP contribution in [0.4, 0.5) is 18.9 Å². The van der Waals surface area contributed by atoms with Gasteiger partial charge in [0, 0.05) is 13.2 Å². The Hall–Kier alpha value is -1.99. The topological polar surface area (TPSA) is 61.7 Å². The minimum atomic E-state index is -4.42. The minimum Gasteiger partial charge on any atom is -0.394 e. The van der Waals surface area contributed by atoms with Crippen LogP contribution in [0, 0.1) is 0 Å². The summed E-state index contributed by atoms with van der Waals surface area (Å²) in [6.07, 6.45) is -2.76. The van der Waals surface area contributed by atoms with Crippen LogP contribution in [0.15, 0.2) is 12.4 Å². The van der Waals surface area contributed by atoms with E-state index in [0.29, 0.717) is 17.2 Å². The molecule has 0 spiro atoms. The summed E-state index contributed by atoms with van der Waals surface area (Å²) in [5.41, 5.74) is 6.09. The summed E-state index contributed by atoms with van der Waals surface area (Å²) in [5.74, 6) is 0.414. The molecule has 104 valence electrons. The molecule has 0 saturated carbocycles. The molecule has 0 radical (unpaired) electrons. The highest BCUT2D eigenvalue weighted by Crippen LogP contribution is 2.31. The minimum absolute atomic E-state index is 0.0811. The fraction of sp³-hybridized carbons (Fsp3) is 0.455. The second-order valence-corrected chi connectivity index (χ2v) is 4.57. The van der Waals surface area contributed by atoms with Crippen molar-refractivity contribution in [3.05, 3.63) is 23.7 Å². The van der Waals surface area contributed by atoms with Crippen molar-refractivity contribution in [2.24, 2.45) is 7.05 Å². The lowest BCUT2D eigenvalue weighted by Crippen LogP contribution is -2.06. The van der Waals surface area contributed by atoms with Crippen LogP contribution >= 0.6 is 0 Å². The number of hydrogen-bond acceptors (Lipinski definition) is 3. The molecule has 0 saturated heterocycles. The van der Waals surface area contributed by atoms with Crippen LogP contribution in [-0.4, -0.2) is 19.6 Å². The Bertz CT molecular complexity index is 594. The van der Waals surface area contributed by atoms with E-state index < -0.39 is 11.7 Å². The summed E-state index contributed by atoms with van der Waals surface area (Å²) < 4.78 is 40.2. The number of nitrogens with two attached hydrogens (primary N) is 1. The number of halogens is 3. The molecule has 0 atom stereocenters. The molecule has 0 unspecified atom stereocenters. The first-order valence-electron chi connectivity index (χ1n) is 5.66. The smallest absolute Gasteiger partial charge is 0.394 e. The zero-order valence-corrected chi connectivity index (χ0v) is 10.7. The summed E-state index contributed by atoms with van der Waals surface area (Å²) in [7, 11) is 1.62. The lowest BCUT2D eigenvalue weighted by molar-refractivity contribution is -0.137. The van der Waals surface area contributed by atoms with Crippen molar-refractivity contribution in [3.63, 3.8) is 0 Å². The van der Waals surface area contributed by atoms with Crippen molar-refractivity contribution in [2.45, 2.75) is 25.9 Å². The second kappa shape index (κ2) is 4.29. The van der Waals surface area contributed by atoms with E-state index in [2.05, 4.69) is 10.2 Å². The molecule has 2 aromatic heterocycles. The fourth-order valence-corrected chi connectivity index (χ4v) is 1.83. The molecule has 0 amide bonds. The largest absolute Gasteiger partial charge is 0.419 e. The maximum absolute atomic E-state index is 12.5. The molecular weight excluding hydrogens is 259 g/mol. The van der Waals surface area contributed by atoms with Gasteiger partial charge in [0.15, 0.2) is 5.82 Å². The molecule has 2 rings (SSSR count). The molecule has 2 aromatic rings. The molecule has 0 aliphatic rings. The molecule has 0 aliphatic heterocycles. The fourth-order valence-electron chi connectivity index (χ4n) is 1.83. The second-order valence-electron chi connectivity index (χ2n) is 4.57. The van der Waals surface area contributed by atoms with Gasteiger partial charge in [0.2, 0.25) is 0 Å². The molecule has 0 fully saturated rings. The lowest BCUT2D eigenvalue weighted by atomic mass is 10.1. The number of rotatable bonds is 2. The van der Waals surface area contributed by atoms with Crippen LogP contribution in [0.1, 0.15) is 31.0 Å². The van der Waals surface area contributed by atoms with E-state index in [9.17, 15) is 13.2 Å². The molecule has 0 bridgehead atoms. The summed E-state index contributed by atoms with van der Waals surface area (Å²) in [5, 5.41) is 7.91. The van der Waals surface area contributed by atoms with Gasteiger partial charge in [-0.1, -0.05) is 13.8 Å². The van der Waals surface area contributed by atoms with Crippen molar-refractivity contribution in [2.75, 3.05) is 5.73 Å². The third-order valence-corrected chi connectivity index (χ3v) is 2.75. The number of hydrogen-bond donors (Lipinski definition) is 1. The molecule has 8 heteroatoms. The van der Waals surface area contributed by atoms with Crippen molar-refractivity contribution >= 4 is 5.69 Å². The van der Waals surface area contributed by atoms with Crippen LogP contribution in [0.5, 0.6) is 0 Å². The molecule has 2 N–H and O–H groups in total. The van der Waals surface area contributed by atoms with Crippen molar-refractivity contribution in [1.82, 2.24) is 19.6 Å². The van der Waals surface area contributed by atoms with Crippen LogP contribution in [-0.2, 0) is 13.2 Å². The molecular formula is C11H14F3N5. The van der Waals surface area contributed by atoms with E-state index in [1.54, 1.807) is 7.05 Å². The molecule has 0 aliphatic carbocycles. The van der Waals surface area contributed by atoms with E-state index in [0.717, 1.165) is 17.1 Å². The number of aromatic nitrogens is 4. The van der Waals surface area contributed by atoms with Crippen molar-refractivity contribution in [1.29, 1.82) is 0 Å². The van der Waals surface area contributed by atoms with E-state index in [1.165, 1.54) is 4.68 Å². The molecule has 5 nitrogen and oxygen atoms in total. The predicted molar refractivity (Wildman–Crippen MR) is 63.8 cm³/mol. The SMILES string of the molecule is CC(C)c1nn(C)c(-n2cc(C(F)(F)F)cn2)c1N. The summed E-state index contributed by atoms with van der Waals surface area (Å²) >= 11 is 0. The average molecular weight is 273 g/mol. The Morgan fingerprint density at radius 2 is 1.95 bits per heavy atom. The molecule has 2 heterocycles. The first-order chi connectivity index (χ1) is 8.71. The van der Waals surface area contributed by atoms with Gasteiger partial charge in [-0.25, -0.2) is 9.36 Å². The van der Waals surface area contributed by atoms with Gasteiger partial charge >= 0.3 is 6.18 Å². The predicted octanol–water partition coefficient (Wildman–Crippen LogP) is 2.33. The monoisotopic (exact) mass is 273 g/mol. The van der Waals surface area contributed by atoms with Crippen molar-refractivity contribution in [3.8, 4) is 5.82 Å². The van der Waals surface area contributed by atoms with Gasteiger partial charge < -0.3 is 5.73 Å². The van der Waals surface area contributed by atoms with E-state index in [4.69, 9.17) is 5.73 Å². The maximum atomic E-state index is 12.5. The Balaban J connectivity index is 2.51. The standard InChI is InChI=1S/C11H14F3N5/c1-6(2)9-8(15)10(18(3)17-9)19-5-7(4-16-19)11(12,13)14/h4-6H,15H2,1-3H3. The summed E-state index contributed by atoms with van der Waals surface area (Å²) in [6, 6.07) is 0. The average Bonchev–Trinajstić information content (AvgIpc) is 2.82. The quantitative estimate of drug-likeness (QED) is 0.913. The highest BCUT2D eigenvalue weighted by molar-refractivity contribution is 5.58. The van der Waals surface area contributed by atoms with Gasteiger partial charge in [-0.05, 0) is 5.92 Å². The first-order valence-corrected chi connectivity index (χ1v) is 5.66. The molecule has 0 aromatic carbocycles. The summed E-state index contributed by atoms with van der Waals surface area (Å²) in [4.78, 5) is 0. The van der Waals surface area contributed by atoms with E-state index in [1.807, 2.05) is 13.8 Å². The van der Waals surface area contributed by atoms with Crippen molar-refractivity contribution < 1.29 is 13.2 Å². The maximum Gasteiger partial charge on any atom is 0.419 e. The van der Waals surface area contributed by atoms with Crippen LogP contribution < -0.4 is 5.73 Å². The van der Waals surface area contributed by atoms with Gasteiger partial charge in [-0.15, -0.1) is 0 Å². The lowest BCUT2D eigenvalue weighted by Gasteiger charge is -2.04.